The van der Waals surface area contributed by atoms with Crippen LogP contribution in [0.25, 0.3) is 0 Å². The van der Waals surface area contributed by atoms with Crippen LogP contribution in [-0.4, -0.2) is 27.3 Å². The molecule has 100 valence electrons. The van der Waals surface area contributed by atoms with Crippen LogP contribution < -0.4 is 11.1 Å². The highest BCUT2D eigenvalue weighted by Crippen LogP contribution is 2.27. The van der Waals surface area contributed by atoms with E-state index < -0.39 is 5.54 Å². The summed E-state index contributed by atoms with van der Waals surface area (Å²) in [6.45, 7) is 3.86. The van der Waals surface area contributed by atoms with Crippen LogP contribution in [0.15, 0.2) is 12.4 Å². The number of carbonyl (C=O) groups excluding carboxylic acids is 1. The topological polar surface area (TPSA) is 72.9 Å². The molecule has 2 atom stereocenters. The molecule has 18 heavy (non-hydrogen) atoms. The molecule has 5 nitrogen and oxygen atoms in total. The molecule has 0 spiro atoms. The molecule has 0 bridgehead atoms. The fourth-order valence-electron chi connectivity index (χ4n) is 2.15. The van der Waals surface area contributed by atoms with Crippen LogP contribution >= 0.6 is 11.6 Å². The van der Waals surface area contributed by atoms with Crippen LogP contribution in [0, 0.1) is 0 Å². The summed E-state index contributed by atoms with van der Waals surface area (Å²) in [4.78, 5) is 11.7. The van der Waals surface area contributed by atoms with E-state index in [1.807, 2.05) is 13.8 Å². The maximum Gasteiger partial charge on any atom is 0.237 e. The third-order valence-corrected chi connectivity index (χ3v) is 3.56. The number of carbonyl (C=O) groups is 1. The summed E-state index contributed by atoms with van der Waals surface area (Å²) in [5.41, 5.74) is 4.83. The lowest BCUT2D eigenvalue weighted by atomic mass is 9.92. The summed E-state index contributed by atoms with van der Waals surface area (Å²) in [5, 5.41) is 8.08. The van der Waals surface area contributed by atoms with Crippen molar-refractivity contribution in [1.29, 1.82) is 0 Å². The van der Waals surface area contributed by atoms with Gasteiger partial charge in [-0.1, -0.05) is 11.6 Å². The average molecular weight is 271 g/mol. The van der Waals surface area contributed by atoms with Crippen LogP contribution in [0.2, 0.25) is 5.02 Å². The zero-order valence-electron chi connectivity index (χ0n) is 10.7. The molecular formula is C12H19ClN4O. The molecule has 1 aliphatic carbocycles. The van der Waals surface area contributed by atoms with Crippen LogP contribution in [0.4, 0.5) is 0 Å². The molecule has 3 N–H and O–H groups in total. The van der Waals surface area contributed by atoms with Crippen molar-refractivity contribution in [3.8, 4) is 0 Å². The third kappa shape index (κ3) is 3.03. The van der Waals surface area contributed by atoms with Gasteiger partial charge < -0.3 is 11.1 Å². The molecule has 0 aliphatic heterocycles. The number of nitrogens with two attached hydrogens (primary N) is 1. The molecule has 1 heterocycles. The van der Waals surface area contributed by atoms with Crippen LogP contribution in [-0.2, 0) is 4.79 Å². The van der Waals surface area contributed by atoms with Crippen molar-refractivity contribution in [3.05, 3.63) is 17.4 Å². The maximum atomic E-state index is 11.7. The van der Waals surface area contributed by atoms with Gasteiger partial charge in [0.15, 0.2) is 0 Å². The first-order valence-corrected chi connectivity index (χ1v) is 6.56. The molecule has 1 amide bonds. The fourth-order valence-corrected chi connectivity index (χ4v) is 2.29. The monoisotopic (exact) mass is 270 g/mol. The van der Waals surface area contributed by atoms with Crippen molar-refractivity contribution < 1.29 is 4.79 Å². The molecule has 1 aromatic heterocycles. The first kappa shape index (κ1) is 13.4. The Hall–Kier alpha value is -1.07. The highest BCUT2D eigenvalue weighted by Gasteiger charge is 2.38. The molecule has 0 radical (unpaired) electrons. The van der Waals surface area contributed by atoms with Gasteiger partial charge in [-0.3, -0.25) is 9.48 Å². The van der Waals surface area contributed by atoms with Crippen LogP contribution in [0.5, 0.6) is 0 Å². The quantitative estimate of drug-likeness (QED) is 0.822. The molecule has 2 unspecified atom stereocenters. The van der Waals surface area contributed by atoms with Gasteiger partial charge >= 0.3 is 0 Å². The zero-order chi connectivity index (χ0) is 13.3. The van der Waals surface area contributed by atoms with E-state index in [1.165, 1.54) is 0 Å². The lowest BCUT2D eigenvalue weighted by molar-refractivity contribution is -0.124. The fraction of sp³-hybridized carbons (Fsp3) is 0.667. The molecule has 0 saturated heterocycles. The number of primary amides is 1. The van der Waals surface area contributed by atoms with E-state index in [0.29, 0.717) is 17.5 Å². The standard InChI is InChI=1S/C12H19ClN4O/c1-8(17-7-9(13)6-15-17)5-12(2,11(14)18)16-10-3-4-10/h6-8,10,16H,3-5H2,1-2H3,(H2,14,18). The van der Waals surface area contributed by atoms with E-state index in [0.717, 1.165) is 12.8 Å². The number of amides is 1. The van der Waals surface area contributed by atoms with Gasteiger partial charge in [0.25, 0.3) is 0 Å². The Morgan fingerprint density at radius 2 is 2.44 bits per heavy atom. The summed E-state index contributed by atoms with van der Waals surface area (Å²) in [6.07, 6.45) is 6.17. The largest absolute Gasteiger partial charge is 0.368 e. The van der Waals surface area contributed by atoms with Gasteiger partial charge in [-0.05, 0) is 33.1 Å². The van der Waals surface area contributed by atoms with Gasteiger partial charge in [0.05, 0.1) is 22.8 Å². The van der Waals surface area contributed by atoms with E-state index in [2.05, 4.69) is 10.4 Å². The maximum absolute atomic E-state index is 11.7. The van der Waals surface area contributed by atoms with E-state index in [9.17, 15) is 4.79 Å². The van der Waals surface area contributed by atoms with Crippen molar-refractivity contribution >= 4 is 17.5 Å². The molecule has 1 saturated carbocycles. The average Bonchev–Trinajstić information content (AvgIpc) is 2.97. The Labute approximate surface area is 112 Å². The number of halogens is 1. The predicted molar refractivity (Wildman–Crippen MR) is 70.3 cm³/mol. The Morgan fingerprint density at radius 1 is 1.78 bits per heavy atom. The summed E-state index contributed by atoms with van der Waals surface area (Å²) >= 11 is 5.84. The van der Waals surface area contributed by atoms with E-state index in [1.54, 1.807) is 17.1 Å². The number of hydrogen-bond acceptors (Lipinski definition) is 3. The molecule has 2 rings (SSSR count). The minimum absolute atomic E-state index is 0.0567. The molecule has 6 heteroatoms. The number of nitrogens with zero attached hydrogens (tertiary/aromatic N) is 2. The summed E-state index contributed by atoms with van der Waals surface area (Å²) in [5.74, 6) is -0.320. The lowest BCUT2D eigenvalue weighted by Crippen LogP contribution is -2.55. The SMILES string of the molecule is CC(CC(C)(NC1CC1)C(N)=O)n1cc(Cl)cn1. The normalized spacial score (nSPS) is 20.4. The second-order valence-corrected chi connectivity index (χ2v) is 5.74. The van der Waals surface area contributed by atoms with Gasteiger partial charge in [0.1, 0.15) is 0 Å². The zero-order valence-corrected chi connectivity index (χ0v) is 11.4. The third-order valence-electron chi connectivity index (χ3n) is 3.37. The highest BCUT2D eigenvalue weighted by molar-refractivity contribution is 6.30. The van der Waals surface area contributed by atoms with Crippen molar-refractivity contribution in [3.63, 3.8) is 0 Å². The van der Waals surface area contributed by atoms with E-state index >= 15 is 0 Å². The van der Waals surface area contributed by atoms with Gasteiger partial charge in [0.2, 0.25) is 5.91 Å². The van der Waals surface area contributed by atoms with E-state index in [-0.39, 0.29) is 11.9 Å². The summed E-state index contributed by atoms with van der Waals surface area (Å²) < 4.78 is 1.76. The second kappa shape index (κ2) is 4.90. The predicted octanol–water partition coefficient (Wildman–Crippen LogP) is 1.48. The Balaban J connectivity index is 2.05. The molecule has 0 aromatic carbocycles. The Kier molecular flexibility index (Phi) is 3.64. The minimum Gasteiger partial charge on any atom is -0.368 e. The van der Waals surface area contributed by atoms with Crippen molar-refractivity contribution in [2.75, 3.05) is 0 Å². The number of aromatic nitrogens is 2. The smallest absolute Gasteiger partial charge is 0.237 e. The summed E-state index contributed by atoms with van der Waals surface area (Å²) in [6, 6.07) is 0.483. The first-order valence-electron chi connectivity index (χ1n) is 6.18. The van der Waals surface area contributed by atoms with Crippen LogP contribution in [0.3, 0.4) is 0 Å². The number of nitrogens with one attached hydrogen (secondary N) is 1. The number of hydrogen-bond donors (Lipinski definition) is 2. The van der Waals surface area contributed by atoms with Crippen molar-refractivity contribution in [1.82, 2.24) is 15.1 Å². The van der Waals surface area contributed by atoms with Crippen molar-refractivity contribution in [2.24, 2.45) is 5.73 Å². The molecule has 1 aliphatic rings. The van der Waals surface area contributed by atoms with Crippen molar-refractivity contribution in [2.45, 2.75) is 50.7 Å². The summed E-state index contributed by atoms with van der Waals surface area (Å²) in [7, 11) is 0. The first-order chi connectivity index (χ1) is 8.40. The van der Waals surface area contributed by atoms with E-state index in [4.69, 9.17) is 17.3 Å². The molecule has 1 aromatic rings. The minimum atomic E-state index is -0.695. The lowest BCUT2D eigenvalue weighted by Gasteiger charge is -2.30. The molecule has 1 fully saturated rings. The highest BCUT2D eigenvalue weighted by atomic mass is 35.5. The molecular weight excluding hydrogens is 252 g/mol. The Bertz CT molecular complexity index is 443. The van der Waals surface area contributed by atoms with Gasteiger partial charge in [-0.25, -0.2) is 0 Å². The van der Waals surface area contributed by atoms with Crippen LogP contribution in [0.1, 0.15) is 39.2 Å². The van der Waals surface area contributed by atoms with Gasteiger partial charge in [-0.15, -0.1) is 0 Å². The van der Waals surface area contributed by atoms with Gasteiger partial charge in [-0.2, -0.15) is 5.10 Å². The Morgan fingerprint density at radius 3 is 2.89 bits per heavy atom. The van der Waals surface area contributed by atoms with Gasteiger partial charge in [0, 0.05) is 12.2 Å². The second-order valence-electron chi connectivity index (χ2n) is 5.31. The number of rotatable bonds is 6.